The Labute approximate surface area is 134 Å². The molecule has 1 unspecified atom stereocenters. The van der Waals surface area contributed by atoms with E-state index in [1.165, 1.54) is 18.2 Å². The van der Waals surface area contributed by atoms with Crippen LogP contribution in [0.1, 0.15) is 24.8 Å². The maximum atomic E-state index is 13.3. The van der Waals surface area contributed by atoms with Crippen molar-refractivity contribution in [2.75, 3.05) is 13.2 Å². The number of benzene rings is 2. The van der Waals surface area contributed by atoms with Crippen LogP contribution in [-0.2, 0) is 4.79 Å². The van der Waals surface area contributed by atoms with E-state index in [-0.39, 0.29) is 13.0 Å². The van der Waals surface area contributed by atoms with Gasteiger partial charge in [0.2, 0.25) is 0 Å². The van der Waals surface area contributed by atoms with Gasteiger partial charge in [-0.1, -0.05) is 24.3 Å². The standard InChI is InChI=1S/C18H19FO4/c1-2-22-16-8-3-4-9-17(16)23-11-10-15(18(20)21)13-6-5-7-14(19)12-13/h3-9,12,15H,2,10-11H2,1H3,(H,20,21). The van der Waals surface area contributed by atoms with Crippen LogP contribution in [0, 0.1) is 5.82 Å². The summed E-state index contributed by atoms with van der Waals surface area (Å²) in [4.78, 5) is 11.4. The monoisotopic (exact) mass is 318 g/mol. The number of para-hydroxylation sites is 2. The molecule has 0 aliphatic heterocycles. The van der Waals surface area contributed by atoms with Gasteiger partial charge in [-0.15, -0.1) is 0 Å². The normalized spacial score (nSPS) is 11.7. The van der Waals surface area contributed by atoms with Gasteiger partial charge in [-0.2, -0.15) is 0 Å². The molecule has 0 spiro atoms. The molecular weight excluding hydrogens is 299 g/mol. The molecule has 0 aliphatic carbocycles. The predicted molar refractivity (Wildman–Crippen MR) is 84.5 cm³/mol. The van der Waals surface area contributed by atoms with Gasteiger partial charge < -0.3 is 14.6 Å². The maximum absolute atomic E-state index is 13.3. The van der Waals surface area contributed by atoms with Gasteiger partial charge in [0.1, 0.15) is 5.82 Å². The molecule has 0 aliphatic rings. The lowest BCUT2D eigenvalue weighted by Crippen LogP contribution is -2.15. The Morgan fingerprint density at radius 3 is 2.43 bits per heavy atom. The minimum Gasteiger partial charge on any atom is -0.490 e. The molecule has 0 aromatic heterocycles. The third-order valence-corrected chi connectivity index (χ3v) is 3.36. The van der Waals surface area contributed by atoms with Crippen molar-refractivity contribution in [3.05, 3.63) is 59.9 Å². The SMILES string of the molecule is CCOc1ccccc1OCCC(C(=O)O)c1cccc(F)c1. The van der Waals surface area contributed by atoms with Crippen molar-refractivity contribution in [2.24, 2.45) is 0 Å². The average Bonchev–Trinajstić information content (AvgIpc) is 2.53. The molecular formula is C18H19FO4. The molecule has 0 heterocycles. The van der Waals surface area contributed by atoms with Crippen molar-refractivity contribution >= 4 is 5.97 Å². The molecule has 1 N–H and O–H groups in total. The quantitative estimate of drug-likeness (QED) is 0.803. The molecule has 0 saturated heterocycles. The van der Waals surface area contributed by atoms with Crippen molar-refractivity contribution in [1.29, 1.82) is 0 Å². The second-order valence-electron chi connectivity index (χ2n) is 4.96. The van der Waals surface area contributed by atoms with Gasteiger partial charge in [0, 0.05) is 0 Å². The Morgan fingerprint density at radius 2 is 1.83 bits per heavy atom. The Balaban J connectivity index is 2.02. The topological polar surface area (TPSA) is 55.8 Å². The fourth-order valence-corrected chi connectivity index (χ4v) is 2.29. The Hall–Kier alpha value is -2.56. The lowest BCUT2D eigenvalue weighted by Gasteiger charge is -2.15. The van der Waals surface area contributed by atoms with Crippen LogP contribution in [0.3, 0.4) is 0 Å². The average molecular weight is 318 g/mol. The first-order valence-electron chi connectivity index (χ1n) is 7.44. The summed E-state index contributed by atoms with van der Waals surface area (Å²) in [5.41, 5.74) is 0.430. The summed E-state index contributed by atoms with van der Waals surface area (Å²) < 4.78 is 24.4. The number of aliphatic carboxylic acids is 1. The van der Waals surface area contributed by atoms with Crippen LogP contribution >= 0.6 is 0 Å². The minimum absolute atomic E-state index is 0.192. The van der Waals surface area contributed by atoms with Gasteiger partial charge in [0.05, 0.1) is 19.1 Å². The van der Waals surface area contributed by atoms with E-state index in [2.05, 4.69) is 0 Å². The largest absolute Gasteiger partial charge is 0.490 e. The zero-order chi connectivity index (χ0) is 16.7. The molecule has 2 rings (SSSR count). The number of halogens is 1. The summed E-state index contributed by atoms with van der Waals surface area (Å²) in [7, 11) is 0. The molecule has 4 nitrogen and oxygen atoms in total. The highest BCUT2D eigenvalue weighted by Gasteiger charge is 2.20. The predicted octanol–water partition coefficient (Wildman–Crippen LogP) is 3.86. The summed E-state index contributed by atoms with van der Waals surface area (Å²) in [6.07, 6.45) is 0.235. The van der Waals surface area contributed by atoms with E-state index >= 15 is 0 Å². The van der Waals surface area contributed by atoms with E-state index in [0.29, 0.717) is 23.7 Å². The molecule has 122 valence electrons. The Morgan fingerprint density at radius 1 is 1.13 bits per heavy atom. The number of carboxylic acids is 1. The fraction of sp³-hybridized carbons (Fsp3) is 0.278. The fourth-order valence-electron chi connectivity index (χ4n) is 2.29. The number of rotatable bonds is 8. The first kappa shape index (κ1) is 16.8. The van der Waals surface area contributed by atoms with Gasteiger partial charge in [-0.3, -0.25) is 4.79 Å². The third-order valence-electron chi connectivity index (χ3n) is 3.36. The summed E-state index contributed by atoms with van der Waals surface area (Å²) >= 11 is 0. The van der Waals surface area contributed by atoms with Gasteiger partial charge in [0.15, 0.2) is 11.5 Å². The smallest absolute Gasteiger partial charge is 0.311 e. The molecule has 2 aromatic rings. The van der Waals surface area contributed by atoms with Crippen molar-refractivity contribution in [3.8, 4) is 11.5 Å². The number of hydrogen-bond acceptors (Lipinski definition) is 3. The summed E-state index contributed by atoms with van der Waals surface area (Å²) in [6.45, 7) is 2.58. The molecule has 1 atom stereocenters. The van der Waals surface area contributed by atoms with Gasteiger partial charge in [-0.25, -0.2) is 4.39 Å². The van der Waals surface area contributed by atoms with E-state index in [0.717, 1.165) is 0 Å². The second-order valence-corrected chi connectivity index (χ2v) is 4.96. The van der Waals surface area contributed by atoms with Gasteiger partial charge in [-0.05, 0) is 43.2 Å². The second kappa shape index (κ2) is 8.17. The van der Waals surface area contributed by atoms with E-state index in [9.17, 15) is 14.3 Å². The van der Waals surface area contributed by atoms with Crippen LogP contribution in [0.15, 0.2) is 48.5 Å². The third kappa shape index (κ3) is 4.71. The summed E-state index contributed by atoms with van der Waals surface area (Å²) in [6, 6.07) is 12.9. The molecule has 0 bridgehead atoms. The zero-order valence-corrected chi connectivity index (χ0v) is 12.9. The van der Waals surface area contributed by atoms with Crippen LogP contribution in [0.4, 0.5) is 4.39 Å². The van der Waals surface area contributed by atoms with E-state index in [1.807, 2.05) is 19.1 Å². The Bertz CT molecular complexity index is 657. The van der Waals surface area contributed by atoms with E-state index in [4.69, 9.17) is 9.47 Å². The highest BCUT2D eigenvalue weighted by molar-refractivity contribution is 5.76. The first-order valence-corrected chi connectivity index (χ1v) is 7.44. The van der Waals surface area contributed by atoms with Gasteiger partial charge in [0.25, 0.3) is 0 Å². The van der Waals surface area contributed by atoms with E-state index in [1.54, 1.807) is 18.2 Å². The van der Waals surface area contributed by atoms with Crippen molar-refractivity contribution in [3.63, 3.8) is 0 Å². The van der Waals surface area contributed by atoms with Crippen LogP contribution in [0.2, 0.25) is 0 Å². The molecule has 0 fully saturated rings. The highest BCUT2D eigenvalue weighted by Crippen LogP contribution is 2.28. The van der Waals surface area contributed by atoms with Gasteiger partial charge >= 0.3 is 5.97 Å². The van der Waals surface area contributed by atoms with Crippen LogP contribution in [-0.4, -0.2) is 24.3 Å². The number of carboxylic acid groups (broad SMARTS) is 1. The highest BCUT2D eigenvalue weighted by atomic mass is 19.1. The van der Waals surface area contributed by atoms with Crippen LogP contribution in [0.5, 0.6) is 11.5 Å². The number of hydrogen-bond donors (Lipinski definition) is 1. The van der Waals surface area contributed by atoms with Crippen molar-refractivity contribution in [1.82, 2.24) is 0 Å². The maximum Gasteiger partial charge on any atom is 0.311 e. The summed E-state index contributed by atoms with van der Waals surface area (Å²) in [5, 5.41) is 9.35. The Kier molecular flexibility index (Phi) is 5.97. The zero-order valence-electron chi connectivity index (χ0n) is 12.9. The molecule has 5 heteroatoms. The molecule has 0 saturated carbocycles. The number of ether oxygens (including phenoxy) is 2. The van der Waals surface area contributed by atoms with Crippen molar-refractivity contribution in [2.45, 2.75) is 19.3 Å². The van der Waals surface area contributed by atoms with Crippen molar-refractivity contribution < 1.29 is 23.8 Å². The minimum atomic E-state index is -1.00. The van der Waals surface area contributed by atoms with Crippen LogP contribution < -0.4 is 9.47 Å². The van der Waals surface area contributed by atoms with E-state index < -0.39 is 17.7 Å². The molecule has 2 aromatic carbocycles. The lowest BCUT2D eigenvalue weighted by molar-refractivity contribution is -0.139. The van der Waals surface area contributed by atoms with Crippen LogP contribution in [0.25, 0.3) is 0 Å². The molecule has 0 radical (unpaired) electrons. The lowest BCUT2D eigenvalue weighted by atomic mass is 9.96. The molecule has 0 amide bonds. The summed E-state index contributed by atoms with van der Waals surface area (Å²) in [5.74, 6) is -1.08. The molecule has 23 heavy (non-hydrogen) atoms. The number of carbonyl (C=O) groups is 1. The first-order chi connectivity index (χ1) is 11.1.